The zero-order valence-electron chi connectivity index (χ0n) is 44.1. The molecule has 2 aromatic carbocycles. The Hall–Kier alpha value is -3.40. The normalized spacial score (nSPS) is 47.2. The standard InChI is InChI=1S/C64H83NO9/c1-39(42-13-6-7-14-42)44-20-21-51-57-58(32-41(27-46(58)23-26-73-57)19-18-40-11-4-3-5-12-40)36-59(37-67)54-22-25-60-24-9-8-15-43-16-10-17-45(35-66)49(43)30-53(65-2)50-29-47(61(60,38-68)52-31-55(69)74-56(50)52)34-63(60,71)62(54,70)33-48(28-44)64(51,59)72/h3-5,10-12,16-17,31,37,39,41-42,44,46-48,50-51,53-54,56-57,65-66,68,70-72H,6-7,9,13-14,18-30,32-36,38H2,1-2H3/t39-,41+,44-,46+,47-,48-,50+,51-,53-,54+,56-,57+,58+,59-,60+,61+,62-,63+,64-/m0/s1. The van der Waals surface area contributed by atoms with Crippen LogP contribution in [-0.4, -0.2) is 93.1 Å². The minimum atomic E-state index is -1.83. The molecule has 2 spiro atoms. The van der Waals surface area contributed by atoms with Crippen molar-refractivity contribution in [2.75, 3.05) is 20.3 Å². The van der Waals surface area contributed by atoms with Crippen LogP contribution in [0.1, 0.15) is 151 Å². The maximum Gasteiger partial charge on any atom is 0.331 e. The van der Waals surface area contributed by atoms with Crippen LogP contribution in [0.2, 0.25) is 0 Å². The highest BCUT2D eigenvalue weighted by Gasteiger charge is 2.87. The Bertz CT molecular complexity index is 2620. The van der Waals surface area contributed by atoms with Gasteiger partial charge >= 0.3 is 5.97 Å². The summed E-state index contributed by atoms with van der Waals surface area (Å²) in [5, 5.41) is 71.2. The van der Waals surface area contributed by atoms with Gasteiger partial charge < -0.3 is 45.1 Å². The van der Waals surface area contributed by atoms with E-state index in [1.165, 1.54) is 31.2 Å². The van der Waals surface area contributed by atoms with E-state index in [0.29, 0.717) is 81.6 Å². The van der Waals surface area contributed by atoms with Crippen molar-refractivity contribution < 1.29 is 44.6 Å². The van der Waals surface area contributed by atoms with Gasteiger partial charge in [-0.05, 0) is 180 Å². The summed E-state index contributed by atoms with van der Waals surface area (Å²) in [6, 6.07) is 16.4. The molecule has 6 N–H and O–H groups in total. The second-order valence-corrected chi connectivity index (χ2v) is 26.8. The third kappa shape index (κ3) is 6.56. The number of carbonyl (C=O) groups is 2. The summed E-state index contributed by atoms with van der Waals surface area (Å²) >= 11 is 0. The zero-order chi connectivity index (χ0) is 51.0. The lowest BCUT2D eigenvalue weighted by Crippen LogP contribution is -2.83. The van der Waals surface area contributed by atoms with E-state index in [4.69, 9.17) is 9.47 Å². The number of fused-ring (bicyclic) bond motifs is 7. The molecule has 0 unspecified atom stereocenters. The quantitative estimate of drug-likeness (QED) is 0.0820. The molecule has 10 heteroatoms. The Balaban J connectivity index is 0.978. The van der Waals surface area contributed by atoms with E-state index in [1.54, 1.807) is 6.08 Å². The monoisotopic (exact) mass is 1010 g/mol. The molecule has 8 saturated carbocycles. The fraction of sp³-hybridized carbons (Fsp3) is 0.719. The number of rotatable bonds is 9. The number of hydrogen-bond donors (Lipinski definition) is 6. The van der Waals surface area contributed by atoms with E-state index >= 15 is 4.79 Å². The van der Waals surface area contributed by atoms with Crippen LogP contribution in [0.25, 0.3) is 0 Å². The van der Waals surface area contributed by atoms with Crippen LogP contribution in [0.4, 0.5) is 0 Å². The number of aliphatic hydroxyl groups excluding tert-OH is 2. The third-order valence-electron chi connectivity index (χ3n) is 25.0. The highest BCUT2D eigenvalue weighted by Crippen LogP contribution is 2.82. The van der Waals surface area contributed by atoms with Gasteiger partial charge in [0.25, 0.3) is 0 Å². The second kappa shape index (κ2) is 18.1. The predicted octanol–water partition coefficient (Wildman–Crippen LogP) is 8.20. The average molecular weight is 1010 g/mol. The number of hydrogen-bond acceptors (Lipinski definition) is 10. The van der Waals surface area contributed by atoms with Crippen molar-refractivity contribution in [1.29, 1.82) is 0 Å². The number of likely N-dealkylation sites (N-methyl/N-ethyl adjacent to an activating group) is 1. The first-order chi connectivity index (χ1) is 35.8. The van der Waals surface area contributed by atoms with E-state index in [0.717, 1.165) is 73.5 Å². The largest absolute Gasteiger partial charge is 0.454 e. The van der Waals surface area contributed by atoms with Gasteiger partial charge in [-0.25, -0.2) is 4.79 Å². The predicted molar refractivity (Wildman–Crippen MR) is 280 cm³/mol. The van der Waals surface area contributed by atoms with Crippen molar-refractivity contribution in [3.63, 3.8) is 0 Å². The number of aldehydes is 1. The Morgan fingerprint density at radius 3 is 2.47 bits per heavy atom. The van der Waals surface area contributed by atoms with Gasteiger partial charge in [0.05, 0.1) is 35.9 Å². The topological polar surface area (TPSA) is 166 Å². The van der Waals surface area contributed by atoms with Crippen molar-refractivity contribution in [2.24, 2.45) is 80.8 Å². The van der Waals surface area contributed by atoms with Gasteiger partial charge in [-0.15, -0.1) is 0 Å². The average Bonchev–Trinajstić information content (AvgIpc) is 4.31. The van der Waals surface area contributed by atoms with E-state index in [9.17, 15) is 30.3 Å². The summed E-state index contributed by atoms with van der Waals surface area (Å²) in [6.45, 7) is 2.63. The van der Waals surface area contributed by atoms with Gasteiger partial charge in [-0.3, -0.25) is 0 Å². The van der Waals surface area contributed by atoms with Crippen LogP contribution in [0.3, 0.4) is 0 Å². The number of esters is 1. The molecule has 1 saturated heterocycles. The molecule has 2 heterocycles. The lowest BCUT2D eigenvalue weighted by atomic mass is 9.32. The molecule has 2 aliphatic heterocycles. The Kier molecular flexibility index (Phi) is 12.2. The van der Waals surface area contributed by atoms with Crippen LogP contribution in [0.15, 0.2) is 60.2 Å². The molecule has 2 aromatic rings. The van der Waals surface area contributed by atoms with Crippen LogP contribution in [0, 0.1) is 92.7 Å². The first kappa shape index (κ1) is 50.1. The van der Waals surface area contributed by atoms with Crippen LogP contribution < -0.4 is 5.32 Å². The summed E-state index contributed by atoms with van der Waals surface area (Å²) in [7, 11) is 1.93. The molecule has 14 rings (SSSR count). The Morgan fingerprint density at radius 1 is 0.878 bits per heavy atom. The van der Waals surface area contributed by atoms with Crippen LogP contribution in [0.5, 0.6) is 0 Å². The molecule has 0 radical (unpaired) electrons. The number of aryl methyl sites for hydroxylation is 1. The van der Waals surface area contributed by atoms with E-state index in [-0.39, 0.29) is 67.3 Å². The van der Waals surface area contributed by atoms with Gasteiger partial charge in [0, 0.05) is 64.7 Å². The van der Waals surface area contributed by atoms with E-state index < -0.39 is 57.0 Å². The van der Waals surface area contributed by atoms with Crippen molar-refractivity contribution in [1.82, 2.24) is 5.32 Å². The number of carbonyl (C=O) groups excluding carboxylic acids is 2. The van der Waals surface area contributed by atoms with E-state index in [2.05, 4.69) is 54.4 Å². The molecular weight excluding hydrogens is 927 g/mol. The van der Waals surface area contributed by atoms with Crippen LogP contribution >= 0.6 is 0 Å². The van der Waals surface area contributed by atoms with Crippen molar-refractivity contribution in [2.45, 2.75) is 183 Å². The van der Waals surface area contributed by atoms with Gasteiger partial charge in [0.1, 0.15) is 18.0 Å². The Labute approximate surface area is 439 Å². The minimum absolute atomic E-state index is 0.134. The molecule has 9 fully saturated rings. The molecule has 0 amide bonds. The lowest BCUT2D eigenvalue weighted by Gasteiger charge is -2.75. The molecule has 74 heavy (non-hydrogen) atoms. The number of nitrogens with one attached hydrogen (secondary N) is 1. The fourth-order valence-corrected chi connectivity index (χ4v) is 22.1. The first-order valence-corrected chi connectivity index (χ1v) is 29.5. The van der Waals surface area contributed by atoms with Crippen LogP contribution in [-0.2, 0) is 38.5 Å². The van der Waals surface area contributed by atoms with Gasteiger partial charge in [0.2, 0.25) is 0 Å². The number of benzene rings is 2. The number of aliphatic hydroxyl groups is 5. The second-order valence-electron chi connectivity index (χ2n) is 26.8. The lowest BCUT2D eigenvalue weighted by molar-refractivity contribution is -0.366. The summed E-state index contributed by atoms with van der Waals surface area (Å²) in [5.41, 5.74) is -4.48. The minimum Gasteiger partial charge on any atom is -0.454 e. The zero-order valence-corrected chi connectivity index (χ0v) is 44.1. The maximum atomic E-state index is 15.4. The summed E-state index contributed by atoms with van der Waals surface area (Å²) in [4.78, 5) is 29.3. The van der Waals surface area contributed by atoms with E-state index in [1.807, 2.05) is 25.2 Å². The molecule has 4 bridgehead atoms. The van der Waals surface area contributed by atoms with Crippen molar-refractivity contribution in [3.8, 4) is 11.8 Å². The van der Waals surface area contributed by atoms with Gasteiger partial charge in [0.15, 0.2) is 0 Å². The molecule has 398 valence electrons. The third-order valence-corrected chi connectivity index (χ3v) is 25.0. The molecule has 10 nitrogen and oxygen atoms in total. The van der Waals surface area contributed by atoms with Gasteiger partial charge in [-0.1, -0.05) is 86.9 Å². The SMILES string of the molecule is CN[C@H]1Cc2c(cccc2CO)C#CCC[C@]23CC[C@H]4[C@@](O)(C[C@@H]5C[C@@H]([C@@H](C)C6CCCC6)CC[C@H]6[C@H]7OCC[C@@H]8C[C@@H](CCc9ccccc9)C[C@@]87C[C@@]4(C=O)[C@]56O)[C@@]2(O)C[C@@H]2C[C@H]1[C@@H]1OC(=O)C=C1[C@@]23CO. The van der Waals surface area contributed by atoms with Crippen molar-refractivity contribution in [3.05, 3.63) is 82.4 Å². The summed E-state index contributed by atoms with van der Waals surface area (Å²) in [6.07, 6.45) is 17.5. The molecular formula is C64H83NO9. The smallest absolute Gasteiger partial charge is 0.331 e. The summed E-state index contributed by atoms with van der Waals surface area (Å²) in [5.74, 6) is 6.50. The Morgan fingerprint density at radius 2 is 1.70 bits per heavy atom. The summed E-state index contributed by atoms with van der Waals surface area (Å²) < 4.78 is 13.6. The van der Waals surface area contributed by atoms with Gasteiger partial charge in [-0.2, -0.15) is 0 Å². The fourth-order valence-electron chi connectivity index (χ4n) is 22.1. The molecule has 19 atom stereocenters. The molecule has 10 aliphatic carbocycles. The number of ether oxygens (including phenoxy) is 2. The van der Waals surface area contributed by atoms with Crippen molar-refractivity contribution >= 4 is 12.3 Å². The first-order valence-electron chi connectivity index (χ1n) is 29.5. The highest BCUT2D eigenvalue weighted by molar-refractivity contribution is 5.87. The molecule has 0 aromatic heterocycles. The maximum absolute atomic E-state index is 15.4. The highest BCUT2D eigenvalue weighted by atomic mass is 16.5. The molecule has 12 aliphatic rings.